The number of aryl methyl sites for hydroxylation is 1. The fourth-order valence-corrected chi connectivity index (χ4v) is 0.953. The molecule has 5 heteroatoms. The molecule has 0 aliphatic rings. The van der Waals surface area contributed by atoms with Crippen LogP contribution >= 0.6 is 11.6 Å². The monoisotopic (exact) mass is 200 g/mol. The Labute approximate surface area is 80.9 Å². The standard InChI is InChI=1S/C8H9ClN2O2/c1-5-7(11-8(12)13-2)3-6(9)4-10-5/h3-4H,1-2H3,(H,11,12). The van der Waals surface area contributed by atoms with E-state index in [0.717, 1.165) is 0 Å². The number of nitrogens with zero attached hydrogens (tertiary/aromatic N) is 1. The van der Waals surface area contributed by atoms with E-state index in [9.17, 15) is 4.79 Å². The Hall–Kier alpha value is -1.29. The van der Waals surface area contributed by atoms with E-state index in [1.54, 1.807) is 13.0 Å². The van der Waals surface area contributed by atoms with Gasteiger partial charge in [0.25, 0.3) is 0 Å². The maximum absolute atomic E-state index is 10.8. The second-order valence-corrected chi connectivity index (χ2v) is 2.84. The van der Waals surface area contributed by atoms with Crippen molar-refractivity contribution in [3.63, 3.8) is 0 Å². The van der Waals surface area contributed by atoms with E-state index in [2.05, 4.69) is 15.0 Å². The van der Waals surface area contributed by atoms with Gasteiger partial charge in [0, 0.05) is 6.20 Å². The fourth-order valence-electron chi connectivity index (χ4n) is 0.795. The number of rotatable bonds is 1. The number of ether oxygens (including phenoxy) is 1. The molecule has 1 aromatic rings. The van der Waals surface area contributed by atoms with Crippen molar-refractivity contribution in [1.29, 1.82) is 0 Å². The Kier molecular flexibility index (Phi) is 3.08. The Morgan fingerprint density at radius 1 is 1.69 bits per heavy atom. The van der Waals surface area contributed by atoms with E-state index in [4.69, 9.17) is 11.6 Å². The average molecular weight is 201 g/mol. The van der Waals surface area contributed by atoms with Gasteiger partial charge in [0.05, 0.1) is 23.5 Å². The van der Waals surface area contributed by atoms with Gasteiger partial charge in [-0.05, 0) is 13.0 Å². The topological polar surface area (TPSA) is 51.2 Å². The number of hydrogen-bond donors (Lipinski definition) is 1. The Morgan fingerprint density at radius 2 is 2.38 bits per heavy atom. The van der Waals surface area contributed by atoms with Crippen LogP contribution in [0.3, 0.4) is 0 Å². The zero-order chi connectivity index (χ0) is 9.84. The fraction of sp³-hybridized carbons (Fsp3) is 0.250. The van der Waals surface area contributed by atoms with Crippen molar-refractivity contribution < 1.29 is 9.53 Å². The van der Waals surface area contributed by atoms with Gasteiger partial charge in [0.1, 0.15) is 0 Å². The third kappa shape index (κ3) is 2.59. The van der Waals surface area contributed by atoms with Gasteiger partial charge in [-0.3, -0.25) is 10.3 Å². The maximum atomic E-state index is 10.8. The van der Waals surface area contributed by atoms with Crippen LogP contribution in [-0.2, 0) is 4.74 Å². The molecule has 0 saturated heterocycles. The van der Waals surface area contributed by atoms with E-state index in [0.29, 0.717) is 16.4 Å². The molecule has 1 heterocycles. The summed E-state index contributed by atoms with van der Waals surface area (Å²) in [6, 6.07) is 1.61. The van der Waals surface area contributed by atoms with E-state index in [1.165, 1.54) is 13.3 Å². The molecule has 1 rings (SSSR count). The van der Waals surface area contributed by atoms with Crippen LogP contribution < -0.4 is 5.32 Å². The maximum Gasteiger partial charge on any atom is 0.411 e. The first-order valence-corrected chi connectivity index (χ1v) is 3.98. The van der Waals surface area contributed by atoms with Crippen molar-refractivity contribution in [2.75, 3.05) is 12.4 Å². The van der Waals surface area contributed by atoms with Crippen molar-refractivity contribution in [2.45, 2.75) is 6.92 Å². The lowest BCUT2D eigenvalue weighted by Gasteiger charge is -2.05. The van der Waals surface area contributed by atoms with Crippen LogP contribution in [0.4, 0.5) is 10.5 Å². The van der Waals surface area contributed by atoms with E-state index < -0.39 is 6.09 Å². The molecule has 0 aliphatic heterocycles. The smallest absolute Gasteiger partial charge is 0.411 e. The minimum absolute atomic E-state index is 0.469. The molecule has 0 bridgehead atoms. The van der Waals surface area contributed by atoms with Crippen LogP contribution in [0.25, 0.3) is 0 Å². The van der Waals surface area contributed by atoms with Crippen LogP contribution in [0.15, 0.2) is 12.3 Å². The van der Waals surface area contributed by atoms with Crippen LogP contribution in [0.2, 0.25) is 5.02 Å². The number of amides is 1. The summed E-state index contributed by atoms with van der Waals surface area (Å²) >= 11 is 5.69. The highest BCUT2D eigenvalue weighted by atomic mass is 35.5. The molecular weight excluding hydrogens is 192 g/mol. The molecule has 4 nitrogen and oxygen atoms in total. The molecule has 0 aromatic carbocycles. The molecule has 1 N–H and O–H groups in total. The Balaban J connectivity index is 2.87. The molecular formula is C8H9ClN2O2. The van der Waals surface area contributed by atoms with E-state index in [-0.39, 0.29) is 0 Å². The largest absolute Gasteiger partial charge is 0.453 e. The molecule has 0 radical (unpaired) electrons. The molecule has 0 spiro atoms. The highest BCUT2D eigenvalue weighted by molar-refractivity contribution is 6.30. The van der Waals surface area contributed by atoms with Crippen LogP contribution in [0, 0.1) is 6.92 Å². The summed E-state index contributed by atoms with van der Waals surface area (Å²) in [4.78, 5) is 14.8. The number of nitrogens with one attached hydrogen (secondary N) is 1. The summed E-state index contributed by atoms with van der Waals surface area (Å²) in [6.07, 6.45) is 0.978. The average Bonchev–Trinajstić information content (AvgIpc) is 2.11. The minimum Gasteiger partial charge on any atom is -0.453 e. The SMILES string of the molecule is COC(=O)Nc1cc(Cl)cnc1C. The zero-order valence-corrected chi connectivity index (χ0v) is 8.05. The zero-order valence-electron chi connectivity index (χ0n) is 7.30. The van der Waals surface area contributed by atoms with Crippen LogP contribution in [0.1, 0.15) is 5.69 Å². The number of halogens is 1. The van der Waals surface area contributed by atoms with Crippen molar-refractivity contribution in [3.8, 4) is 0 Å². The number of carbonyl (C=O) groups is 1. The molecule has 1 aromatic heterocycles. The van der Waals surface area contributed by atoms with E-state index in [1.807, 2.05) is 0 Å². The highest BCUT2D eigenvalue weighted by Crippen LogP contribution is 2.17. The lowest BCUT2D eigenvalue weighted by Crippen LogP contribution is -2.12. The predicted octanol–water partition coefficient (Wildman–Crippen LogP) is 2.22. The quantitative estimate of drug-likeness (QED) is 0.756. The first-order valence-electron chi connectivity index (χ1n) is 3.60. The van der Waals surface area contributed by atoms with Crippen LogP contribution in [0.5, 0.6) is 0 Å². The van der Waals surface area contributed by atoms with Gasteiger partial charge in [-0.1, -0.05) is 11.6 Å². The lowest BCUT2D eigenvalue weighted by molar-refractivity contribution is 0.187. The third-order valence-corrected chi connectivity index (χ3v) is 1.68. The summed E-state index contributed by atoms with van der Waals surface area (Å²) in [7, 11) is 1.29. The van der Waals surface area contributed by atoms with Gasteiger partial charge in [-0.15, -0.1) is 0 Å². The van der Waals surface area contributed by atoms with Crippen molar-refractivity contribution >= 4 is 23.4 Å². The number of carbonyl (C=O) groups excluding carboxylic acids is 1. The summed E-state index contributed by atoms with van der Waals surface area (Å²) < 4.78 is 4.43. The summed E-state index contributed by atoms with van der Waals surface area (Å²) in [6.45, 7) is 1.77. The molecule has 70 valence electrons. The summed E-state index contributed by atoms with van der Waals surface area (Å²) in [5, 5.41) is 2.96. The van der Waals surface area contributed by atoms with Gasteiger partial charge in [0.2, 0.25) is 0 Å². The van der Waals surface area contributed by atoms with Gasteiger partial charge in [-0.2, -0.15) is 0 Å². The highest BCUT2D eigenvalue weighted by Gasteiger charge is 2.04. The molecule has 0 aliphatic carbocycles. The number of aromatic nitrogens is 1. The number of hydrogen-bond acceptors (Lipinski definition) is 3. The van der Waals surface area contributed by atoms with Crippen molar-refractivity contribution in [3.05, 3.63) is 23.0 Å². The van der Waals surface area contributed by atoms with Gasteiger partial charge >= 0.3 is 6.09 Å². The van der Waals surface area contributed by atoms with Crippen LogP contribution in [-0.4, -0.2) is 18.2 Å². The minimum atomic E-state index is -0.535. The van der Waals surface area contributed by atoms with Crippen molar-refractivity contribution in [1.82, 2.24) is 4.98 Å². The Morgan fingerprint density at radius 3 is 3.00 bits per heavy atom. The molecule has 0 fully saturated rings. The van der Waals surface area contributed by atoms with Crippen molar-refractivity contribution in [2.24, 2.45) is 0 Å². The second-order valence-electron chi connectivity index (χ2n) is 2.40. The number of pyridine rings is 1. The normalized spacial score (nSPS) is 9.46. The number of anilines is 1. The molecule has 0 saturated carbocycles. The third-order valence-electron chi connectivity index (χ3n) is 1.48. The van der Waals surface area contributed by atoms with Gasteiger partial charge < -0.3 is 4.74 Å². The lowest BCUT2D eigenvalue weighted by atomic mass is 10.3. The number of methoxy groups -OCH3 is 1. The molecule has 0 atom stereocenters. The summed E-state index contributed by atoms with van der Waals surface area (Å²) in [5.74, 6) is 0. The molecule has 1 amide bonds. The van der Waals surface area contributed by atoms with Gasteiger partial charge in [0.15, 0.2) is 0 Å². The Bertz CT molecular complexity index is 328. The van der Waals surface area contributed by atoms with E-state index >= 15 is 0 Å². The predicted molar refractivity (Wildman–Crippen MR) is 50.0 cm³/mol. The molecule has 13 heavy (non-hydrogen) atoms. The molecule has 0 unspecified atom stereocenters. The van der Waals surface area contributed by atoms with Gasteiger partial charge in [-0.25, -0.2) is 4.79 Å². The first-order chi connectivity index (χ1) is 6.13. The first kappa shape index (κ1) is 9.80. The summed E-state index contributed by atoms with van der Waals surface area (Å²) in [5.41, 5.74) is 1.24. The second kappa shape index (κ2) is 4.09.